The van der Waals surface area contributed by atoms with Gasteiger partial charge in [-0.25, -0.2) is 4.79 Å². The predicted octanol–water partition coefficient (Wildman–Crippen LogP) is 4.12. The van der Waals surface area contributed by atoms with Crippen molar-refractivity contribution in [2.24, 2.45) is 0 Å². The average molecular weight is 273 g/mol. The van der Waals surface area contributed by atoms with E-state index in [1.54, 1.807) is 11.0 Å². The van der Waals surface area contributed by atoms with Gasteiger partial charge >= 0.3 is 6.09 Å². The van der Waals surface area contributed by atoms with Crippen molar-refractivity contribution in [3.8, 4) is 0 Å². The zero-order valence-corrected chi connectivity index (χ0v) is 12.5. The summed E-state index contributed by atoms with van der Waals surface area (Å²) in [6, 6.07) is 9.97. The van der Waals surface area contributed by atoms with Gasteiger partial charge in [-0.1, -0.05) is 48.6 Å². The standard InChI is InChI=1S/C17H23NO2/c1-5-13-18(16(19)20-17(2,3)4)14-9-12-15-10-7-6-8-11-15/h5-12H,1,13-14H2,2-4H3/b12-9+. The molecule has 0 heterocycles. The Bertz CT molecular complexity index is 458. The monoisotopic (exact) mass is 273 g/mol. The smallest absolute Gasteiger partial charge is 0.410 e. The summed E-state index contributed by atoms with van der Waals surface area (Å²) in [5.41, 5.74) is 0.620. The molecule has 0 atom stereocenters. The van der Waals surface area contributed by atoms with Crippen LogP contribution in [0.15, 0.2) is 49.1 Å². The first-order valence-electron chi connectivity index (χ1n) is 6.73. The van der Waals surface area contributed by atoms with Crippen molar-refractivity contribution in [2.45, 2.75) is 26.4 Å². The lowest BCUT2D eigenvalue weighted by atomic mass is 10.2. The molecule has 0 saturated carbocycles. The van der Waals surface area contributed by atoms with E-state index >= 15 is 0 Å². The first-order chi connectivity index (χ1) is 9.42. The number of ether oxygens (including phenoxy) is 1. The van der Waals surface area contributed by atoms with Crippen LogP contribution in [-0.4, -0.2) is 29.7 Å². The van der Waals surface area contributed by atoms with Crippen molar-refractivity contribution in [3.63, 3.8) is 0 Å². The molecule has 3 heteroatoms. The van der Waals surface area contributed by atoms with Gasteiger partial charge in [0.2, 0.25) is 0 Å². The molecule has 20 heavy (non-hydrogen) atoms. The van der Waals surface area contributed by atoms with Crippen LogP contribution in [0, 0.1) is 0 Å². The summed E-state index contributed by atoms with van der Waals surface area (Å²) in [5.74, 6) is 0. The first kappa shape index (κ1) is 16.0. The Hall–Kier alpha value is -2.03. The van der Waals surface area contributed by atoms with E-state index in [1.807, 2.05) is 63.3 Å². The largest absolute Gasteiger partial charge is 0.444 e. The molecule has 0 aliphatic heterocycles. The van der Waals surface area contributed by atoms with Gasteiger partial charge in [0.1, 0.15) is 5.60 Å². The summed E-state index contributed by atoms with van der Waals surface area (Å²) in [6.45, 7) is 10.2. The molecule has 0 unspecified atom stereocenters. The second-order valence-corrected chi connectivity index (χ2v) is 5.49. The van der Waals surface area contributed by atoms with E-state index in [-0.39, 0.29) is 6.09 Å². The minimum absolute atomic E-state index is 0.324. The lowest BCUT2D eigenvalue weighted by Crippen LogP contribution is -2.37. The van der Waals surface area contributed by atoms with Gasteiger partial charge in [0, 0.05) is 13.1 Å². The van der Waals surface area contributed by atoms with Crippen molar-refractivity contribution in [3.05, 3.63) is 54.6 Å². The van der Waals surface area contributed by atoms with Gasteiger partial charge in [0.05, 0.1) is 0 Å². The second kappa shape index (κ2) is 7.53. The Labute approximate surface area is 121 Å². The zero-order chi connectivity index (χ0) is 15.0. The molecule has 0 bridgehead atoms. The molecule has 1 rings (SSSR count). The molecule has 1 aromatic carbocycles. The van der Waals surface area contributed by atoms with Crippen LogP contribution in [0.25, 0.3) is 6.08 Å². The van der Waals surface area contributed by atoms with Gasteiger partial charge < -0.3 is 9.64 Å². The van der Waals surface area contributed by atoms with Gasteiger partial charge in [-0.2, -0.15) is 0 Å². The molecular weight excluding hydrogens is 250 g/mol. The Kier molecular flexibility index (Phi) is 6.04. The van der Waals surface area contributed by atoms with Crippen LogP contribution >= 0.6 is 0 Å². The topological polar surface area (TPSA) is 29.5 Å². The zero-order valence-electron chi connectivity index (χ0n) is 12.5. The van der Waals surface area contributed by atoms with E-state index in [0.29, 0.717) is 13.1 Å². The SMILES string of the molecule is C=CCN(C/C=C/c1ccccc1)C(=O)OC(C)(C)C. The number of hydrogen-bond acceptors (Lipinski definition) is 2. The fourth-order valence-corrected chi connectivity index (χ4v) is 1.59. The molecule has 0 aromatic heterocycles. The van der Waals surface area contributed by atoms with E-state index in [0.717, 1.165) is 5.56 Å². The Morgan fingerprint density at radius 3 is 2.45 bits per heavy atom. The van der Waals surface area contributed by atoms with Gasteiger partial charge in [0.15, 0.2) is 0 Å². The van der Waals surface area contributed by atoms with Crippen molar-refractivity contribution in [1.82, 2.24) is 4.90 Å². The van der Waals surface area contributed by atoms with E-state index in [2.05, 4.69) is 6.58 Å². The minimum Gasteiger partial charge on any atom is -0.444 e. The Balaban J connectivity index is 2.61. The van der Waals surface area contributed by atoms with Crippen molar-refractivity contribution in [1.29, 1.82) is 0 Å². The van der Waals surface area contributed by atoms with Gasteiger partial charge in [-0.3, -0.25) is 0 Å². The molecule has 0 radical (unpaired) electrons. The number of nitrogens with zero attached hydrogens (tertiary/aromatic N) is 1. The molecule has 3 nitrogen and oxygen atoms in total. The maximum Gasteiger partial charge on any atom is 0.410 e. The molecule has 0 N–H and O–H groups in total. The molecule has 0 aliphatic rings. The number of carbonyl (C=O) groups excluding carboxylic acids is 1. The van der Waals surface area contributed by atoms with Crippen LogP contribution in [0.3, 0.4) is 0 Å². The molecule has 0 saturated heterocycles. The first-order valence-corrected chi connectivity index (χ1v) is 6.73. The highest BCUT2D eigenvalue weighted by Crippen LogP contribution is 2.10. The summed E-state index contributed by atoms with van der Waals surface area (Å²) in [7, 11) is 0. The maximum atomic E-state index is 12.0. The van der Waals surface area contributed by atoms with Crippen molar-refractivity contribution in [2.75, 3.05) is 13.1 Å². The van der Waals surface area contributed by atoms with Gasteiger partial charge in [-0.05, 0) is 26.3 Å². The molecule has 0 spiro atoms. The summed E-state index contributed by atoms with van der Waals surface area (Å²) in [5, 5.41) is 0. The highest BCUT2D eigenvalue weighted by molar-refractivity contribution is 5.68. The van der Waals surface area contributed by atoms with Crippen LogP contribution in [0.1, 0.15) is 26.3 Å². The predicted molar refractivity (Wildman–Crippen MR) is 83.5 cm³/mol. The fourth-order valence-electron chi connectivity index (χ4n) is 1.59. The Morgan fingerprint density at radius 1 is 1.25 bits per heavy atom. The summed E-state index contributed by atoms with van der Waals surface area (Å²) in [6.07, 6.45) is 5.30. The summed E-state index contributed by atoms with van der Waals surface area (Å²) in [4.78, 5) is 13.6. The molecule has 1 amide bonds. The second-order valence-electron chi connectivity index (χ2n) is 5.49. The molecule has 1 aromatic rings. The number of amides is 1. The normalized spacial score (nSPS) is 11.3. The summed E-state index contributed by atoms with van der Waals surface area (Å²) >= 11 is 0. The molecule has 0 aliphatic carbocycles. The molecule has 0 fully saturated rings. The van der Waals surface area contributed by atoms with E-state index in [4.69, 9.17) is 4.74 Å². The number of carbonyl (C=O) groups is 1. The number of rotatable bonds is 5. The van der Waals surface area contributed by atoms with Crippen LogP contribution < -0.4 is 0 Å². The van der Waals surface area contributed by atoms with Gasteiger partial charge in [-0.15, -0.1) is 6.58 Å². The highest BCUT2D eigenvalue weighted by Gasteiger charge is 2.20. The third kappa shape index (κ3) is 6.23. The third-order valence-electron chi connectivity index (χ3n) is 2.44. The Morgan fingerprint density at radius 2 is 1.90 bits per heavy atom. The lowest BCUT2D eigenvalue weighted by molar-refractivity contribution is 0.0293. The highest BCUT2D eigenvalue weighted by atomic mass is 16.6. The minimum atomic E-state index is -0.486. The van der Waals surface area contributed by atoms with Crippen molar-refractivity contribution >= 4 is 12.2 Å². The van der Waals surface area contributed by atoms with Crippen LogP contribution in [0.2, 0.25) is 0 Å². The van der Waals surface area contributed by atoms with Crippen LogP contribution in [0.5, 0.6) is 0 Å². The van der Waals surface area contributed by atoms with Gasteiger partial charge in [0.25, 0.3) is 0 Å². The van der Waals surface area contributed by atoms with Crippen LogP contribution in [0.4, 0.5) is 4.79 Å². The molecule has 108 valence electrons. The van der Waals surface area contributed by atoms with E-state index in [1.165, 1.54) is 0 Å². The van der Waals surface area contributed by atoms with E-state index < -0.39 is 5.60 Å². The quantitative estimate of drug-likeness (QED) is 0.755. The average Bonchev–Trinajstić information content (AvgIpc) is 2.37. The number of benzene rings is 1. The maximum absolute atomic E-state index is 12.0. The number of hydrogen-bond donors (Lipinski definition) is 0. The lowest BCUT2D eigenvalue weighted by Gasteiger charge is -2.25. The third-order valence-corrected chi connectivity index (χ3v) is 2.44. The van der Waals surface area contributed by atoms with E-state index in [9.17, 15) is 4.79 Å². The van der Waals surface area contributed by atoms with Crippen molar-refractivity contribution < 1.29 is 9.53 Å². The molecular formula is C17H23NO2. The van der Waals surface area contributed by atoms with Crippen LogP contribution in [-0.2, 0) is 4.74 Å². The summed E-state index contributed by atoms with van der Waals surface area (Å²) < 4.78 is 5.36. The fraction of sp³-hybridized carbons (Fsp3) is 0.353.